The molecule has 0 aliphatic rings. The lowest BCUT2D eigenvalue weighted by atomic mass is 10.3. The molecular weight excluding hydrogens is 375 g/mol. The Morgan fingerprint density at radius 3 is 2.41 bits per heavy atom. The first-order valence-corrected chi connectivity index (χ1v) is 6.43. The largest absolute Gasteiger partial charge is 0.297 e. The molecule has 0 aromatic carbocycles. The fraction of sp³-hybridized carbons (Fsp3) is 0.167. The van der Waals surface area contributed by atoms with Crippen LogP contribution >= 0.6 is 22.6 Å². The fourth-order valence-corrected chi connectivity index (χ4v) is 2.87. The Hall–Kier alpha value is -0.950. The highest BCUT2D eigenvalue weighted by Gasteiger charge is 2.28. The third kappa shape index (κ3) is 3.04. The summed E-state index contributed by atoms with van der Waals surface area (Å²) in [5.74, 6) is 0. The summed E-state index contributed by atoms with van der Waals surface area (Å²) in [5, 5.41) is 14.4. The van der Waals surface area contributed by atoms with Gasteiger partial charge < -0.3 is 0 Å². The van der Waals surface area contributed by atoms with Crippen molar-refractivity contribution in [2.45, 2.75) is 11.5 Å². The van der Waals surface area contributed by atoms with Crippen LogP contribution in [0.3, 0.4) is 0 Å². The summed E-state index contributed by atoms with van der Waals surface area (Å²) in [7, 11) is -4.31. The van der Waals surface area contributed by atoms with Crippen LogP contribution < -0.4 is 5.14 Å². The maximum absolute atomic E-state index is 12.5. The number of primary sulfonamides is 1. The Balaban J connectivity index is 3.63. The molecule has 1 aromatic heterocycles. The van der Waals surface area contributed by atoms with Crippen LogP contribution in [0.5, 0.6) is 0 Å². The molecule has 0 spiro atoms. The van der Waals surface area contributed by atoms with Crippen molar-refractivity contribution in [2.75, 3.05) is 0 Å². The molecule has 0 saturated heterocycles. The van der Waals surface area contributed by atoms with Gasteiger partial charge in [-0.25, -0.2) is 27.3 Å². The highest BCUT2D eigenvalue weighted by atomic mass is 127. The molecule has 17 heavy (non-hydrogen) atoms. The van der Waals surface area contributed by atoms with Crippen LogP contribution in [0.25, 0.3) is 0 Å². The Labute approximate surface area is 107 Å². The van der Waals surface area contributed by atoms with E-state index < -0.39 is 37.8 Å². The predicted molar refractivity (Wildman–Crippen MR) is 59.9 cm³/mol. The van der Waals surface area contributed by atoms with Gasteiger partial charge in [0.05, 0.1) is 8.49 Å². The summed E-state index contributed by atoms with van der Waals surface area (Å²) >= 11 is 1.41. The summed E-state index contributed by atoms with van der Waals surface area (Å²) < 4.78 is 46.8. The van der Waals surface area contributed by atoms with Crippen LogP contribution in [0.4, 0.5) is 14.5 Å². The molecule has 0 bridgehead atoms. The zero-order chi connectivity index (χ0) is 13.4. The number of rotatable bonds is 3. The van der Waals surface area contributed by atoms with Crippen molar-refractivity contribution in [3.63, 3.8) is 0 Å². The van der Waals surface area contributed by atoms with Crippen molar-refractivity contribution in [1.29, 1.82) is 0 Å². The zero-order valence-electron chi connectivity index (χ0n) is 7.80. The molecule has 0 unspecified atom stereocenters. The highest BCUT2D eigenvalue weighted by Crippen LogP contribution is 2.30. The van der Waals surface area contributed by atoms with Gasteiger partial charge in [0.2, 0.25) is 0 Å². The van der Waals surface area contributed by atoms with Crippen LogP contribution in [0, 0.1) is 13.7 Å². The number of alkyl halides is 2. The lowest BCUT2D eigenvalue weighted by molar-refractivity contribution is -0.386. The second-order valence-corrected chi connectivity index (χ2v) is 5.42. The van der Waals surface area contributed by atoms with Gasteiger partial charge in [-0.05, 0) is 22.6 Å². The van der Waals surface area contributed by atoms with E-state index in [1.54, 1.807) is 0 Å². The maximum Gasteiger partial charge on any atom is 0.297 e. The van der Waals surface area contributed by atoms with E-state index in [1.165, 1.54) is 22.6 Å². The van der Waals surface area contributed by atoms with E-state index in [0.29, 0.717) is 6.07 Å². The van der Waals surface area contributed by atoms with E-state index >= 15 is 0 Å². The number of nitrogens with zero attached hydrogens (tertiary/aromatic N) is 2. The smallest absolute Gasteiger partial charge is 0.258 e. The van der Waals surface area contributed by atoms with Gasteiger partial charge in [-0.3, -0.25) is 10.1 Å². The summed E-state index contributed by atoms with van der Waals surface area (Å²) in [4.78, 5) is 12.5. The first-order valence-electron chi connectivity index (χ1n) is 3.80. The zero-order valence-corrected chi connectivity index (χ0v) is 10.8. The molecule has 0 atom stereocenters. The lowest BCUT2D eigenvalue weighted by Gasteiger charge is -2.05. The minimum Gasteiger partial charge on any atom is -0.258 e. The number of hydrogen-bond acceptors (Lipinski definition) is 5. The standard InChI is InChI=1S/C6H4F2IN3O4S/c7-5(8)4-3(12(13)14)1-2(9)6(11-4)17(10,15)16/h1,5H,(H2,10,15,16). The van der Waals surface area contributed by atoms with E-state index in [1.807, 2.05) is 0 Å². The normalized spacial score (nSPS) is 11.8. The molecular formula is C6H4F2IN3O4S. The number of hydrogen-bond donors (Lipinski definition) is 1. The van der Waals surface area contributed by atoms with E-state index in [0.717, 1.165) is 0 Å². The number of nitrogens with two attached hydrogens (primary N) is 1. The van der Waals surface area contributed by atoms with Gasteiger partial charge in [0.15, 0.2) is 10.7 Å². The van der Waals surface area contributed by atoms with Gasteiger partial charge in [0.1, 0.15) is 0 Å². The highest BCUT2D eigenvalue weighted by molar-refractivity contribution is 14.1. The monoisotopic (exact) mass is 379 g/mol. The molecule has 2 N–H and O–H groups in total. The molecule has 1 rings (SSSR count). The van der Waals surface area contributed by atoms with Crippen molar-refractivity contribution in [2.24, 2.45) is 5.14 Å². The van der Waals surface area contributed by atoms with Gasteiger partial charge in [-0.2, -0.15) is 0 Å². The van der Waals surface area contributed by atoms with Crippen molar-refractivity contribution >= 4 is 38.3 Å². The van der Waals surface area contributed by atoms with Gasteiger partial charge in [-0.15, -0.1) is 0 Å². The number of nitro groups is 1. The number of pyridine rings is 1. The molecule has 0 radical (unpaired) electrons. The van der Waals surface area contributed by atoms with Crippen LogP contribution in [0.2, 0.25) is 0 Å². The summed E-state index contributed by atoms with van der Waals surface area (Å²) in [6, 6.07) is 0.689. The van der Waals surface area contributed by atoms with Crippen LogP contribution in [-0.2, 0) is 10.0 Å². The first-order chi connectivity index (χ1) is 7.64. The SMILES string of the molecule is NS(=O)(=O)c1nc(C(F)F)c([N+](=O)[O-])cc1I. The van der Waals surface area contributed by atoms with Gasteiger partial charge >= 0.3 is 0 Å². The maximum atomic E-state index is 12.5. The molecule has 0 aliphatic carbocycles. The van der Waals surface area contributed by atoms with Crippen LogP contribution in [0.15, 0.2) is 11.1 Å². The Morgan fingerprint density at radius 2 is 2.06 bits per heavy atom. The first kappa shape index (κ1) is 14.1. The summed E-state index contributed by atoms with van der Waals surface area (Å²) in [6.45, 7) is 0. The quantitative estimate of drug-likeness (QED) is 0.481. The Bertz CT molecular complexity index is 577. The van der Waals surface area contributed by atoms with E-state index in [9.17, 15) is 27.3 Å². The topological polar surface area (TPSA) is 116 Å². The molecule has 11 heteroatoms. The Kier molecular flexibility index (Phi) is 3.93. The molecule has 0 amide bonds. The Morgan fingerprint density at radius 1 is 1.53 bits per heavy atom. The van der Waals surface area contributed by atoms with Gasteiger partial charge in [0, 0.05) is 6.07 Å². The van der Waals surface area contributed by atoms with Crippen LogP contribution in [0.1, 0.15) is 12.1 Å². The molecule has 1 heterocycles. The second kappa shape index (κ2) is 4.73. The molecule has 1 aromatic rings. The minimum absolute atomic E-state index is 0.193. The number of sulfonamides is 1. The summed E-state index contributed by atoms with van der Waals surface area (Å²) in [6.07, 6.45) is -3.27. The van der Waals surface area contributed by atoms with Gasteiger partial charge in [0.25, 0.3) is 22.1 Å². The molecule has 0 saturated carbocycles. The van der Waals surface area contributed by atoms with Crippen molar-refractivity contribution in [1.82, 2.24) is 4.98 Å². The average molecular weight is 379 g/mol. The molecule has 7 nitrogen and oxygen atoms in total. The van der Waals surface area contributed by atoms with Crippen molar-refractivity contribution < 1.29 is 22.1 Å². The molecule has 0 aliphatic heterocycles. The number of aromatic nitrogens is 1. The summed E-state index contributed by atoms with van der Waals surface area (Å²) in [5.41, 5.74) is -2.17. The predicted octanol–water partition coefficient (Wildman–Crippen LogP) is 1.18. The van der Waals surface area contributed by atoms with Crippen LogP contribution in [-0.4, -0.2) is 18.3 Å². The second-order valence-electron chi connectivity index (χ2n) is 2.78. The third-order valence-electron chi connectivity index (χ3n) is 1.63. The van der Waals surface area contributed by atoms with Gasteiger partial charge in [-0.1, -0.05) is 0 Å². The minimum atomic E-state index is -4.31. The molecule has 0 fully saturated rings. The third-order valence-corrected chi connectivity index (χ3v) is 3.66. The average Bonchev–Trinajstić information content (AvgIpc) is 2.14. The van der Waals surface area contributed by atoms with E-state index in [2.05, 4.69) is 4.98 Å². The lowest BCUT2D eigenvalue weighted by Crippen LogP contribution is -2.17. The molecule has 94 valence electrons. The van der Waals surface area contributed by atoms with E-state index in [-0.39, 0.29) is 3.57 Å². The van der Waals surface area contributed by atoms with Crippen molar-refractivity contribution in [3.8, 4) is 0 Å². The fourth-order valence-electron chi connectivity index (χ4n) is 0.982. The van der Waals surface area contributed by atoms with Crippen molar-refractivity contribution in [3.05, 3.63) is 25.4 Å². The number of halogens is 3. The van der Waals surface area contributed by atoms with E-state index in [4.69, 9.17) is 5.14 Å².